The molecule has 0 radical (unpaired) electrons. The quantitative estimate of drug-likeness (QED) is 0.606. The Morgan fingerprint density at radius 2 is 2.37 bits per heavy atom. The van der Waals surface area contributed by atoms with Crippen molar-refractivity contribution in [3.8, 4) is 11.5 Å². The van der Waals surface area contributed by atoms with E-state index in [-0.39, 0.29) is 11.7 Å². The molecular weight excluding hydrogens is 363 g/mol. The number of nitrogens with zero attached hydrogens (tertiary/aromatic N) is 5. The third-order valence-electron chi connectivity index (χ3n) is 2.14. The lowest BCUT2D eigenvalue weighted by Crippen LogP contribution is -2.00. The Balaban J connectivity index is 2.30. The van der Waals surface area contributed by atoms with Crippen LogP contribution in [0.2, 0.25) is 0 Å². The second-order valence-electron chi connectivity index (χ2n) is 3.45. The molecule has 8 nitrogen and oxygen atoms in total. The van der Waals surface area contributed by atoms with Gasteiger partial charge in [-0.3, -0.25) is 0 Å². The molecule has 1 aromatic heterocycles. The average molecular weight is 374 g/mol. The van der Waals surface area contributed by atoms with Crippen LogP contribution >= 0.6 is 22.6 Å². The Bertz CT molecular complexity index is 612. The number of aromatic nitrogens is 4. The van der Waals surface area contributed by atoms with E-state index in [1.54, 1.807) is 12.1 Å². The lowest BCUT2D eigenvalue weighted by atomic mass is 10.2. The van der Waals surface area contributed by atoms with Gasteiger partial charge in [0.1, 0.15) is 0 Å². The summed E-state index contributed by atoms with van der Waals surface area (Å²) >= 11 is 2.01. The first-order valence-electron chi connectivity index (χ1n) is 5.35. The molecule has 3 N–H and O–H groups in total. The number of nitrogens with two attached hydrogens (primary N) is 1. The molecule has 0 aliphatic carbocycles. The number of hydrogen-bond acceptors (Lipinski definition) is 7. The van der Waals surface area contributed by atoms with Crippen molar-refractivity contribution in [1.29, 1.82) is 0 Å². The molecular formula is C10H11IN6O2. The summed E-state index contributed by atoms with van der Waals surface area (Å²) in [4.78, 5) is 1.10. The number of halogens is 1. The number of phenols is 1. The van der Waals surface area contributed by atoms with Crippen LogP contribution in [0.5, 0.6) is 11.5 Å². The number of hydrogen-bond donors (Lipinski definition) is 2. The van der Waals surface area contributed by atoms with E-state index < -0.39 is 0 Å². The molecule has 2 rings (SSSR count). The van der Waals surface area contributed by atoms with E-state index in [0.717, 1.165) is 10.4 Å². The summed E-state index contributed by atoms with van der Waals surface area (Å²) in [5.74, 6) is 0.608. The van der Waals surface area contributed by atoms with Gasteiger partial charge in [0.15, 0.2) is 11.5 Å². The molecule has 0 aliphatic heterocycles. The topological polar surface area (TPSA) is 111 Å². The smallest absolute Gasteiger partial charge is 0.263 e. The van der Waals surface area contributed by atoms with Crippen LogP contribution in [0, 0.1) is 3.57 Å². The van der Waals surface area contributed by atoms with E-state index in [1.165, 1.54) is 6.21 Å². The lowest BCUT2D eigenvalue weighted by Gasteiger charge is -2.08. The number of phenolic OH excluding ortho intramolecular Hbond substituents is 1. The zero-order valence-corrected chi connectivity index (χ0v) is 12.1. The molecule has 9 heteroatoms. The van der Waals surface area contributed by atoms with Gasteiger partial charge in [0.05, 0.1) is 16.4 Å². The molecule has 100 valence electrons. The molecule has 0 saturated heterocycles. The fraction of sp³-hybridized carbons (Fsp3) is 0.200. The molecule has 2 aromatic rings. The molecule has 0 unspecified atom stereocenters. The predicted octanol–water partition coefficient (Wildman–Crippen LogP) is 0.846. The number of anilines is 1. The van der Waals surface area contributed by atoms with Gasteiger partial charge in [-0.2, -0.15) is 5.10 Å². The van der Waals surface area contributed by atoms with E-state index in [1.807, 2.05) is 29.5 Å². The summed E-state index contributed by atoms with van der Waals surface area (Å²) in [7, 11) is 0. The molecule has 0 aliphatic rings. The van der Waals surface area contributed by atoms with Crippen molar-refractivity contribution in [3.63, 3.8) is 0 Å². The maximum Gasteiger partial charge on any atom is 0.263 e. The summed E-state index contributed by atoms with van der Waals surface area (Å²) < 4.78 is 5.99. The summed E-state index contributed by atoms with van der Waals surface area (Å²) in [6, 6.07) is 3.42. The van der Waals surface area contributed by atoms with Crippen LogP contribution < -0.4 is 10.5 Å². The Labute approximate surface area is 122 Å². The van der Waals surface area contributed by atoms with Crippen molar-refractivity contribution in [3.05, 3.63) is 21.3 Å². The first kappa shape index (κ1) is 13.5. The second kappa shape index (κ2) is 5.82. The van der Waals surface area contributed by atoms with Gasteiger partial charge in [0.2, 0.25) is 0 Å². The third-order valence-corrected chi connectivity index (χ3v) is 2.97. The van der Waals surface area contributed by atoms with Crippen molar-refractivity contribution in [2.75, 3.05) is 12.3 Å². The Kier molecular flexibility index (Phi) is 4.14. The van der Waals surface area contributed by atoms with E-state index in [2.05, 4.69) is 20.6 Å². The highest BCUT2D eigenvalue weighted by atomic mass is 127. The maximum atomic E-state index is 9.81. The van der Waals surface area contributed by atoms with E-state index in [4.69, 9.17) is 10.5 Å². The average Bonchev–Trinajstić information content (AvgIpc) is 2.78. The number of aromatic hydroxyl groups is 1. The SMILES string of the molecule is CCOc1cc(/C=N\n2nnnc2N)cc(I)c1O. The molecule has 1 aromatic carbocycles. The zero-order chi connectivity index (χ0) is 13.8. The van der Waals surface area contributed by atoms with Crippen molar-refractivity contribution >= 4 is 34.8 Å². The monoisotopic (exact) mass is 374 g/mol. The van der Waals surface area contributed by atoms with Crippen molar-refractivity contribution in [2.45, 2.75) is 6.92 Å². The first-order valence-corrected chi connectivity index (χ1v) is 6.43. The fourth-order valence-electron chi connectivity index (χ4n) is 1.33. The number of nitrogen functional groups attached to an aromatic ring is 1. The highest BCUT2D eigenvalue weighted by Crippen LogP contribution is 2.32. The van der Waals surface area contributed by atoms with Gasteiger partial charge >= 0.3 is 0 Å². The number of benzene rings is 1. The van der Waals surface area contributed by atoms with Gasteiger partial charge in [-0.25, -0.2) is 0 Å². The van der Waals surface area contributed by atoms with Gasteiger partial charge in [-0.15, -0.1) is 0 Å². The summed E-state index contributed by atoms with van der Waals surface area (Å²) in [6.07, 6.45) is 1.52. The molecule has 0 saturated carbocycles. The highest BCUT2D eigenvalue weighted by molar-refractivity contribution is 14.1. The van der Waals surface area contributed by atoms with Crippen LogP contribution in [-0.4, -0.2) is 38.2 Å². The van der Waals surface area contributed by atoms with Gasteiger partial charge < -0.3 is 15.6 Å². The minimum Gasteiger partial charge on any atom is -0.504 e. The molecule has 19 heavy (non-hydrogen) atoms. The van der Waals surface area contributed by atoms with Crippen LogP contribution in [0.25, 0.3) is 0 Å². The van der Waals surface area contributed by atoms with Crippen molar-refractivity contribution in [1.82, 2.24) is 20.3 Å². The number of ether oxygens (including phenoxy) is 1. The minimum absolute atomic E-state index is 0.0924. The molecule has 0 atom stereocenters. The molecule has 1 heterocycles. The molecule has 0 fully saturated rings. The van der Waals surface area contributed by atoms with E-state index >= 15 is 0 Å². The largest absolute Gasteiger partial charge is 0.504 e. The minimum atomic E-state index is 0.0924. The molecule has 0 amide bonds. The summed E-state index contributed by atoms with van der Waals surface area (Å²) in [5, 5.41) is 24.3. The van der Waals surface area contributed by atoms with Crippen molar-refractivity contribution in [2.24, 2.45) is 5.10 Å². The van der Waals surface area contributed by atoms with Gasteiger partial charge in [-0.05, 0) is 57.6 Å². The van der Waals surface area contributed by atoms with Crippen LogP contribution in [0.15, 0.2) is 17.2 Å². The van der Waals surface area contributed by atoms with Crippen LogP contribution in [0.4, 0.5) is 5.95 Å². The third kappa shape index (κ3) is 3.10. The second-order valence-corrected chi connectivity index (χ2v) is 4.62. The van der Waals surface area contributed by atoms with Gasteiger partial charge in [0, 0.05) is 0 Å². The Morgan fingerprint density at radius 1 is 1.58 bits per heavy atom. The van der Waals surface area contributed by atoms with Crippen LogP contribution in [0.3, 0.4) is 0 Å². The standard InChI is InChI=1S/C10H11IN6O2/c1-2-19-8-4-6(3-7(11)9(8)18)5-13-17-10(12)14-15-16-17/h3-5,18H,2H2,1H3,(H2,12,14,16)/b13-5-. The van der Waals surface area contributed by atoms with Gasteiger partial charge in [0.25, 0.3) is 5.95 Å². The van der Waals surface area contributed by atoms with E-state index in [0.29, 0.717) is 15.9 Å². The van der Waals surface area contributed by atoms with E-state index in [9.17, 15) is 5.11 Å². The van der Waals surface area contributed by atoms with Gasteiger partial charge in [-0.1, -0.05) is 9.89 Å². The highest BCUT2D eigenvalue weighted by Gasteiger charge is 2.08. The van der Waals surface area contributed by atoms with Crippen molar-refractivity contribution < 1.29 is 9.84 Å². The molecule has 0 bridgehead atoms. The van der Waals surface area contributed by atoms with Crippen LogP contribution in [0.1, 0.15) is 12.5 Å². The lowest BCUT2D eigenvalue weighted by molar-refractivity contribution is 0.317. The Hall–Kier alpha value is -1.91. The normalized spacial score (nSPS) is 11.1. The summed E-state index contributed by atoms with van der Waals surface area (Å²) in [6.45, 7) is 2.30. The van der Waals surface area contributed by atoms with Crippen LogP contribution in [-0.2, 0) is 0 Å². The fourth-order valence-corrected chi connectivity index (χ4v) is 1.95. The first-order chi connectivity index (χ1) is 9.11. The zero-order valence-electron chi connectivity index (χ0n) is 9.99. The predicted molar refractivity (Wildman–Crippen MR) is 77.2 cm³/mol. The Morgan fingerprint density at radius 3 is 3.00 bits per heavy atom. The number of tetrazole rings is 1. The maximum absolute atomic E-state index is 9.81. The summed E-state index contributed by atoms with van der Waals surface area (Å²) in [5.41, 5.74) is 6.22. The number of rotatable bonds is 4. The molecule has 0 spiro atoms.